The predicted molar refractivity (Wildman–Crippen MR) is 54.8 cm³/mol. The number of H-pyrrole nitrogens is 1. The quantitative estimate of drug-likeness (QED) is 0.801. The molecule has 15 heavy (non-hydrogen) atoms. The zero-order chi connectivity index (χ0) is 11.0. The molecule has 0 unspecified atom stereocenters. The number of fused-ring (bicyclic) bond motifs is 1. The molecule has 0 saturated heterocycles. The van der Waals surface area contributed by atoms with Crippen LogP contribution >= 0.6 is 0 Å². The molecule has 1 aromatic carbocycles. The monoisotopic (exact) mass is 211 g/mol. The highest BCUT2D eigenvalue weighted by Gasteiger charge is 2.08. The summed E-state index contributed by atoms with van der Waals surface area (Å²) in [4.78, 5) is 6.95. The van der Waals surface area contributed by atoms with Gasteiger partial charge in [0.25, 0.3) is 0 Å². The summed E-state index contributed by atoms with van der Waals surface area (Å²) in [6, 6.07) is 2.39. The standard InChI is InChI=1S/C10H11F2N3/c1-5(2)13-10-14-8-3-6(11)7(12)4-9(8)15-10/h3-5H,1-2H3,(H2,13,14,15). The second kappa shape index (κ2) is 3.49. The molecule has 0 bridgehead atoms. The van der Waals surface area contributed by atoms with E-state index in [1.807, 2.05) is 13.8 Å². The predicted octanol–water partition coefficient (Wildman–Crippen LogP) is 2.66. The average molecular weight is 211 g/mol. The number of aromatic nitrogens is 2. The largest absolute Gasteiger partial charge is 0.354 e. The van der Waals surface area contributed by atoms with Crippen molar-refractivity contribution in [3.05, 3.63) is 23.8 Å². The van der Waals surface area contributed by atoms with Gasteiger partial charge in [-0.25, -0.2) is 13.8 Å². The summed E-state index contributed by atoms with van der Waals surface area (Å²) < 4.78 is 25.7. The van der Waals surface area contributed by atoms with Crippen LogP contribution in [0.25, 0.3) is 11.0 Å². The van der Waals surface area contributed by atoms with Crippen molar-refractivity contribution in [3.8, 4) is 0 Å². The number of nitrogens with one attached hydrogen (secondary N) is 2. The van der Waals surface area contributed by atoms with E-state index < -0.39 is 11.6 Å². The summed E-state index contributed by atoms with van der Waals surface area (Å²) >= 11 is 0. The summed E-state index contributed by atoms with van der Waals surface area (Å²) in [5.74, 6) is -1.24. The van der Waals surface area contributed by atoms with E-state index in [4.69, 9.17) is 0 Å². The van der Waals surface area contributed by atoms with Gasteiger partial charge >= 0.3 is 0 Å². The van der Waals surface area contributed by atoms with Gasteiger partial charge in [0.05, 0.1) is 11.0 Å². The fourth-order valence-electron chi connectivity index (χ4n) is 1.35. The van der Waals surface area contributed by atoms with E-state index in [-0.39, 0.29) is 6.04 Å². The van der Waals surface area contributed by atoms with Crippen LogP contribution in [0.5, 0.6) is 0 Å². The van der Waals surface area contributed by atoms with Crippen LogP contribution in [0.1, 0.15) is 13.8 Å². The highest BCUT2D eigenvalue weighted by molar-refractivity contribution is 5.77. The van der Waals surface area contributed by atoms with E-state index in [1.54, 1.807) is 0 Å². The van der Waals surface area contributed by atoms with Gasteiger partial charge in [-0.15, -0.1) is 0 Å². The molecule has 2 rings (SSSR count). The van der Waals surface area contributed by atoms with Crippen molar-refractivity contribution in [2.75, 3.05) is 5.32 Å². The van der Waals surface area contributed by atoms with Crippen LogP contribution in [0, 0.1) is 11.6 Å². The van der Waals surface area contributed by atoms with Gasteiger partial charge in [0.2, 0.25) is 5.95 Å². The number of hydrogen-bond donors (Lipinski definition) is 2. The number of benzene rings is 1. The lowest BCUT2D eigenvalue weighted by molar-refractivity contribution is 0.510. The van der Waals surface area contributed by atoms with Crippen LogP contribution in [-0.2, 0) is 0 Å². The summed E-state index contributed by atoms with van der Waals surface area (Å²) in [6.45, 7) is 3.91. The number of imidazole rings is 1. The van der Waals surface area contributed by atoms with Crippen molar-refractivity contribution in [2.45, 2.75) is 19.9 Å². The molecular weight excluding hydrogens is 200 g/mol. The van der Waals surface area contributed by atoms with Crippen molar-refractivity contribution >= 4 is 17.0 Å². The van der Waals surface area contributed by atoms with Crippen LogP contribution in [0.4, 0.5) is 14.7 Å². The van der Waals surface area contributed by atoms with Gasteiger partial charge in [0, 0.05) is 18.2 Å². The van der Waals surface area contributed by atoms with Gasteiger partial charge in [-0.05, 0) is 13.8 Å². The maximum Gasteiger partial charge on any atom is 0.201 e. The lowest BCUT2D eigenvalue weighted by atomic mass is 10.3. The molecule has 0 spiro atoms. The molecule has 0 aliphatic rings. The minimum absolute atomic E-state index is 0.209. The Morgan fingerprint density at radius 2 is 1.93 bits per heavy atom. The smallest absolute Gasteiger partial charge is 0.201 e. The summed E-state index contributed by atoms with van der Waals surface area (Å²) in [6.07, 6.45) is 0. The summed E-state index contributed by atoms with van der Waals surface area (Å²) in [5, 5.41) is 3.02. The van der Waals surface area contributed by atoms with Crippen molar-refractivity contribution in [1.29, 1.82) is 0 Å². The number of nitrogens with zero attached hydrogens (tertiary/aromatic N) is 1. The highest BCUT2D eigenvalue weighted by Crippen LogP contribution is 2.18. The molecule has 2 N–H and O–H groups in total. The Kier molecular flexibility index (Phi) is 2.30. The van der Waals surface area contributed by atoms with E-state index in [0.717, 1.165) is 12.1 Å². The second-order valence-corrected chi connectivity index (χ2v) is 3.67. The second-order valence-electron chi connectivity index (χ2n) is 3.67. The van der Waals surface area contributed by atoms with Crippen molar-refractivity contribution in [3.63, 3.8) is 0 Å². The Hall–Kier alpha value is -1.65. The van der Waals surface area contributed by atoms with E-state index in [0.29, 0.717) is 17.0 Å². The molecule has 80 valence electrons. The zero-order valence-corrected chi connectivity index (χ0v) is 8.44. The van der Waals surface area contributed by atoms with Gasteiger partial charge in [0.1, 0.15) is 0 Å². The van der Waals surface area contributed by atoms with Gasteiger partial charge < -0.3 is 10.3 Å². The minimum atomic E-state index is -0.884. The van der Waals surface area contributed by atoms with Crippen LogP contribution in [-0.4, -0.2) is 16.0 Å². The number of rotatable bonds is 2. The first-order valence-electron chi connectivity index (χ1n) is 4.67. The van der Waals surface area contributed by atoms with E-state index in [1.165, 1.54) is 0 Å². The SMILES string of the molecule is CC(C)Nc1nc2cc(F)c(F)cc2[nH]1. The van der Waals surface area contributed by atoms with Gasteiger partial charge in [-0.1, -0.05) is 0 Å². The topological polar surface area (TPSA) is 40.7 Å². The lowest BCUT2D eigenvalue weighted by Gasteiger charge is -2.04. The van der Waals surface area contributed by atoms with Crippen LogP contribution in [0.3, 0.4) is 0 Å². The molecule has 3 nitrogen and oxygen atoms in total. The first-order chi connectivity index (χ1) is 7.06. The molecule has 0 radical (unpaired) electrons. The third kappa shape index (κ3) is 1.91. The van der Waals surface area contributed by atoms with E-state index in [2.05, 4.69) is 15.3 Å². The number of hydrogen-bond acceptors (Lipinski definition) is 2. The fraction of sp³-hybridized carbons (Fsp3) is 0.300. The van der Waals surface area contributed by atoms with Crippen molar-refractivity contribution < 1.29 is 8.78 Å². The summed E-state index contributed by atoms with van der Waals surface area (Å²) in [7, 11) is 0. The molecule has 0 saturated carbocycles. The fourth-order valence-corrected chi connectivity index (χ4v) is 1.35. The Morgan fingerprint density at radius 3 is 2.60 bits per heavy atom. The van der Waals surface area contributed by atoms with Crippen LogP contribution in [0.15, 0.2) is 12.1 Å². The third-order valence-electron chi connectivity index (χ3n) is 1.95. The molecule has 5 heteroatoms. The normalized spacial score (nSPS) is 11.3. The maximum absolute atomic E-state index is 12.9. The minimum Gasteiger partial charge on any atom is -0.354 e. The van der Waals surface area contributed by atoms with Crippen LogP contribution in [0.2, 0.25) is 0 Å². The molecule has 0 fully saturated rings. The van der Waals surface area contributed by atoms with Crippen molar-refractivity contribution in [1.82, 2.24) is 9.97 Å². The first kappa shape index (κ1) is 9.89. The number of anilines is 1. The maximum atomic E-state index is 12.9. The zero-order valence-electron chi connectivity index (χ0n) is 8.44. The molecule has 1 aromatic heterocycles. The van der Waals surface area contributed by atoms with E-state index in [9.17, 15) is 8.78 Å². The van der Waals surface area contributed by atoms with Crippen molar-refractivity contribution in [2.24, 2.45) is 0 Å². The summed E-state index contributed by atoms with van der Waals surface area (Å²) in [5.41, 5.74) is 0.897. The molecular formula is C10H11F2N3. The molecule has 1 heterocycles. The Balaban J connectivity index is 2.47. The van der Waals surface area contributed by atoms with E-state index >= 15 is 0 Å². The first-order valence-corrected chi connectivity index (χ1v) is 4.67. The van der Waals surface area contributed by atoms with Gasteiger partial charge in [-0.2, -0.15) is 0 Å². The van der Waals surface area contributed by atoms with Crippen LogP contribution < -0.4 is 5.32 Å². The Bertz CT molecular complexity index is 452. The Morgan fingerprint density at radius 1 is 1.27 bits per heavy atom. The third-order valence-corrected chi connectivity index (χ3v) is 1.95. The van der Waals surface area contributed by atoms with Gasteiger partial charge in [-0.3, -0.25) is 0 Å². The Labute approximate surface area is 85.5 Å². The molecule has 0 amide bonds. The molecule has 2 aromatic rings. The molecule has 0 aliphatic carbocycles. The van der Waals surface area contributed by atoms with Gasteiger partial charge in [0.15, 0.2) is 11.6 Å². The average Bonchev–Trinajstić information content (AvgIpc) is 2.46. The number of aromatic amines is 1. The lowest BCUT2D eigenvalue weighted by Crippen LogP contribution is -2.10. The highest BCUT2D eigenvalue weighted by atomic mass is 19.2. The molecule has 0 aliphatic heterocycles. The molecule has 0 atom stereocenters. The number of halogens is 2.